The Bertz CT molecular complexity index is 1130. The summed E-state index contributed by atoms with van der Waals surface area (Å²) in [6.07, 6.45) is 0.848. The van der Waals surface area contributed by atoms with Crippen LogP contribution in [-0.4, -0.2) is 72.5 Å². The molecule has 0 aliphatic carbocycles. The van der Waals surface area contributed by atoms with Crippen molar-refractivity contribution in [2.24, 2.45) is 0 Å². The second-order valence-electron chi connectivity index (χ2n) is 9.34. The number of piperazine rings is 1. The topological polar surface area (TPSA) is 76.2 Å². The Labute approximate surface area is 200 Å². The van der Waals surface area contributed by atoms with Crippen molar-refractivity contribution in [2.75, 3.05) is 54.4 Å². The van der Waals surface area contributed by atoms with Gasteiger partial charge in [-0.3, -0.25) is 19.3 Å². The molecule has 178 valence electrons. The van der Waals surface area contributed by atoms with Gasteiger partial charge in [0, 0.05) is 32.6 Å². The second-order valence-corrected chi connectivity index (χ2v) is 9.34. The molecule has 8 heteroatoms. The minimum Gasteiger partial charge on any atom is -0.367 e. The van der Waals surface area contributed by atoms with Crippen molar-refractivity contribution in [1.29, 1.82) is 0 Å². The van der Waals surface area contributed by atoms with Gasteiger partial charge in [0.1, 0.15) is 12.2 Å². The van der Waals surface area contributed by atoms with E-state index >= 15 is 0 Å². The van der Waals surface area contributed by atoms with Crippen LogP contribution in [0.5, 0.6) is 0 Å². The van der Waals surface area contributed by atoms with Gasteiger partial charge in [-0.2, -0.15) is 0 Å². The zero-order chi connectivity index (χ0) is 23.9. The minimum absolute atomic E-state index is 0.0237. The Kier molecular flexibility index (Phi) is 5.77. The average Bonchev–Trinajstić information content (AvgIpc) is 3.17. The van der Waals surface area contributed by atoms with Gasteiger partial charge in [0.25, 0.3) is 5.91 Å². The number of nitrogens with one attached hydrogen (secondary N) is 1. The Balaban J connectivity index is 1.37. The molecule has 1 atom stereocenters. The molecule has 2 saturated heterocycles. The van der Waals surface area contributed by atoms with E-state index < -0.39 is 5.66 Å². The molecule has 3 heterocycles. The lowest BCUT2D eigenvalue weighted by Crippen LogP contribution is -2.63. The van der Waals surface area contributed by atoms with Gasteiger partial charge < -0.3 is 20.0 Å². The molecule has 3 amide bonds. The highest BCUT2D eigenvalue weighted by Gasteiger charge is 2.53. The van der Waals surface area contributed by atoms with Crippen LogP contribution in [0.15, 0.2) is 48.5 Å². The van der Waals surface area contributed by atoms with Gasteiger partial charge in [0.2, 0.25) is 11.8 Å². The lowest BCUT2D eigenvalue weighted by molar-refractivity contribution is -0.120. The zero-order valence-corrected chi connectivity index (χ0v) is 19.8. The first-order valence-electron chi connectivity index (χ1n) is 12.0. The van der Waals surface area contributed by atoms with E-state index in [2.05, 4.69) is 22.0 Å². The third-order valence-corrected chi connectivity index (χ3v) is 7.39. The summed E-state index contributed by atoms with van der Waals surface area (Å²) in [6, 6.07) is 15.0. The van der Waals surface area contributed by atoms with E-state index in [9.17, 15) is 14.4 Å². The molecule has 1 N–H and O–H groups in total. The number of carbonyl (C=O) groups is 3. The van der Waals surface area contributed by atoms with Crippen molar-refractivity contribution in [1.82, 2.24) is 9.80 Å². The van der Waals surface area contributed by atoms with E-state index in [1.165, 1.54) is 0 Å². The summed E-state index contributed by atoms with van der Waals surface area (Å²) in [4.78, 5) is 47.4. The number of likely N-dealkylation sites (N-methyl/N-ethyl adjacent to an activating group) is 1. The maximum Gasteiger partial charge on any atom is 0.258 e. The SMILES string of the molecule is CCN1CCN(c2ccccc2NC(=O)CN2C(=O)c3ccccc3N3C(=O)CCC23C)CC1. The summed E-state index contributed by atoms with van der Waals surface area (Å²) in [5.41, 5.74) is 1.97. The Morgan fingerprint density at radius 2 is 1.65 bits per heavy atom. The quantitative estimate of drug-likeness (QED) is 0.741. The number of anilines is 3. The number of nitrogens with zero attached hydrogens (tertiary/aromatic N) is 4. The molecule has 0 bridgehead atoms. The number of fused-ring (bicyclic) bond motifs is 3. The largest absolute Gasteiger partial charge is 0.367 e. The van der Waals surface area contributed by atoms with Crippen molar-refractivity contribution in [3.05, 3.63) is 54.1 Å². The Morgan fingerprint density at radius 1 is 0.971 bits per heavy atom. The molecule has 2 aromatic rings. The van der Waals surface area contributed by atoms with E-state index in [1.54, 1.807) is 28.0 Å². The van der Waals surface area contributed by atoms with Crippen LogP contribution in [0, 0.1) is 0 Å². The molecule has 1 unspecified atom stereocenters. The number of amides is 3. The average molecular weight is 462 g/mol. The van der Waals surface area contributed by atoms with E-state index in [4.69, 9.17) is 0 Å². The van der Waals surface area contributed by atoms with E-state index in [0.29, 0.717) is 24.1 Å². The molecule has 3 aliphatic heterocycles. The van der Waals surface area contributed by atoms with Gasteiger partial charge in [-0.1, -0.05) is 31.2 Å². The number of rotatable bonds is 5. The highest BCUT2D eigenvalue weighted by molar-refractivity contribution is 6.11. The number of hydrogen-bond acceptors (Lipinski definition) is 5. The third kappa shape index (κ3) is 3.72. The predicted octanol–water partition coefficient (Wildman–Crippen LogP) is 2.77. The van der Waals surface area contributed by atoms with Crippen molar-refractivity contribution in [2.45, 2.75) is 32.4 Å². The van der Waals surface area contributed by atoms with Crippen molar-refractivity contribution in [3.8, 4) is 0 Å². The fourth-order valence-electron chi connectivity index (χ4n) is 5.43. The molecule has 0 spiro atoms. The normalized spacial score (nSPS) is 22.6. The first-order valence-corrected chi connectivity index (χ1v) is 12.0. The summed E-state index contributed by atoms with van der Waals surface area (Å²) in [6.45, 7) is 8.74. The maximum atomic E-state index is 13.4. The molecule has 3 aliphatic rings. The van der Waals surface area contributed by atoms with Crippen LogP contribution in [0.25, 0.3) is 0 Å². The Morgan fingerprint density at radius 3 is 2.38 bits per heavy atom. The highest BCUT2D eigenvalue weighted by Crippen LogP contribution is 2.43. The van der Waals surface area contributed by atoms with Gasteiger partial charge in [0.15, 0.2) is 0 Å². The molecule has 8 nitrogen and oxygen atoms in total. The second kappa shape index (κ2) is 8.76. The molecule has 2 fully saturated rings. The standard InChI is InChI=1S/C26H31N5O3/c1-3-28-14-16-29(17-15-28)22-11-7-5-9-20(22)27-23(32)18-30-25(34)19-8-4-6-10-21(19)31-24(33)12-13-26(30,31)2/h4-11H,3,12-18H2,1-2H3,(H,27,32). The van der Waals surface area contributed by atoms with Gasteiger partial charge in [0.05, 0.1) is 22.6 Å². The fourth-order valence-corrected chi connectivity index (χ4v) is 5.43. The lowest BCUT2D eigenvalue weighted by atomic mass is 9.98. The highest BCUT2D eigenvalue weighted by atomic mass is 16.2. The fraction of sp³-hybridized carbons (Fsp3) is 0.423. The predicted molar refractivity (Wildman–Crippen MR) is 132 cm³/mol. The van der Waals surface area contributed by atoms with Crippen molar-refractivity contribution >= 4 is 34.8 Å². The van der Waals surface area contributed by atoms with Crippen molar-refractivity contribution < 1.29 is 14.4 Å². The van der Waals surface area contributed by atoms with Crippen LogP contribution in [0.4, 0.5) is 17.1 Å². The first-order chi connectivity index (χ1) is 16.4. The summed E-state index contributed by atoms with van der Waals surface area (Å²) < 4.78 is 0. The van der Waals surface area contributed by atoms with Crippen LogP contribution < -0.4 is 15.1 Å². The summed E-state index contributed by atoms with van der Waals surface area (Å²) in [5, 5.41) is 3.04. The summed E-state index contributed by atoms with van der Waals surface area (Å²) in [5.74, 6) is -0.513. The van der Waals surface area contributed by atoms with E-state index in [-0.39, 0.29) is 24.3 Å². The Hall–Kier alpha value is -3.39. The zero-order valence-electron chi connectivity index (χ0n) is 19.8. The monoisotopic (exact) mass is 461 g/mol. The summed E-state index contributed by atoms with van der Waals surface area (Å²) >= 11 is 0. The summed E-state index contributed by atoms with van der Waals surface area (Å²) in [7, 11) is 0. The van der Waals surface area contributed by atoms with Crippen LogP contribution in [-0.2, 0) is 9.59 Å². The van der Waals surface area contributed by atoms with Gasteiger partial charge in [-0.25, -0.2) is 0 Å². The van der Waals surface area contributed by atoms with Crippen molar-refractivity contribution in [3.63, 3.8) is 0 Å². The molecular weight excluding hydrogens is 430 g/mol. The molecule has 2 aromatic carbocycles. The van der Waals surface area contributed by atoms with Gasteiger partial charge >= 0.3 is 0 Å². The molecule has 0 saturated carbocycles. The van der Waals surface area contributed by atoms with Crippen LogP contribution >= 0.6 is 0 Å². The lowest BCUT2D eigenvalue weighted by Gasteiger charge is -2.48. The van der Waals surface area contributed by atoms with Gasteiger partial charge in [-0.05, 0) is 44.2 Å². The van der Waals surface area contributed by atoms with Gasteiger partial charge in [-0.15, -0.1) is 0 Å². The van der Waals surface area contributed by atoms with Crippen LogP contribution in [0.3, 0.4) is 0 Å². The van der Waals surface area contributed by atoms with Crippen LogP contribution in [0.1, 0.15) is 37.0 Å². The number of carbonyl (C=O) groups excluding carboxylic acids is 3. The number of para-hydroxylation sites is 3. The third-order valence-electron chi connectivity index (χ3n) is 7.39. The smallest absolute Gasteiger partial charge is 0.258 e. The molecule has 34 heavy (non-hydrogen) atoms. The molecule has 0 radical (unpaired) electrons. The minimum atomic E-state index is -0.851. The first kappa shape index (κ1) is 22.4. The molecule has 0 aromatic heterocycles. The number of hydrogen-bond donors (Lipinski definition) is 1. The maximum absolute atomic E-state index is 13.4. The van der Waals surface area contributed by atoms with Crippen LogP contribution in [0.2, 0.25) is 0 Å². The van der Waals surface area contributed by atoms with E-state index in [1.807, 2.05) is 37.3 Å². The molecular formula is C26H31N5O3. The molecule has 5 rings (SSSR count). The van der Waals surface area contributed by atoms with E-state index in [0.717, 1.165) is 44.1 Å². The number of benzene rings is 2.